The second kappa shape index (κ2) is 9.08. The number of carbonyl (C=O) groups is 1. The molecule has 7 nitrogen and oxygen atoms in total. The van der Waals surface area contributed by atoms with E-state index < -0.39 is 11.9 Å². The van der Waals surface area contributed by atoms with Gasteiger partial charge in [0.2, 0.25) is 5.91 Å². The Labute approximate surface area is 166 Å². The van der Waals surface area contributed by atoms with Crippen LogP contribution >= 0.6 is 11.3 Å². The number of piperazine rings is 1. The van der Waals surface area contributed by atoms with Gasteiger partial charge in [0.15, 0.2) is 11.7 Å². The van der Waals surface area contributed by atoms with E-state index in [1.165, 1.54) is 0 Å². The monoisotopic (exact) mass is 418 g/mol. The van der Waals surface area contributed by atoms with Crippen molar-refractivity contribution in [1.29, 1.82) is 0 Å². The summed E-state index contributed by atoms with van der Waals surface area (Å²) >= 11 is 0.977. The number of nitrogens with one attached hydrogen (secondary N) is 1. The van der Waals surface area contributed by atoms with Crippen LogP contribution < -0.4 is 5.32 Å². The van der Waals surface area contributed by atoms with E-state index in [2.05, 4.69) is 25.1 Å². The average Bonchev–Trinajstić information content (AvgIpc) is 3.35. The fraction of sp³-hybridized carbons (Fsp3) is 0.706. The minimum Gasteiger partial charge on any atom is -0.350 e. The standard InChI is InChI=1S/C17H25F3N6OS/c1-21-16(22-10-14-23-13(12-28-14)17(18,19)20)26-8-6-24(7-9-26)11-15(27)25-4-2-3-5-25/h12H,2-11H2,1H3,(H,21,22). The quantitative estimate of drug-likeness (QED) is 0.593. The van der Waals surface area contributed by atoms with Crippen molar-refractivity contribution in [3.63, 3.8) is 0 Å². The van der Waals surface area contributed by atoms with Crippen LogP contribution in [0.15, 0.2) is 10.4 Å². The number of nitrogens with zero attached hydrogens (tertiary/aromatic N) is 5. The molecule has 1 aromatic heterocycles. The Morgan fingerprint density at radius 3 is 2.43 bits per heavy atom. The highest BCUT2D eigenvalue weighted by atomic mass is 32.1. The molecule has 0 aromatic carbocycles. The number of guanidine groups is 1. The molecule has 0 unspecified atom stereocenters. The number of carbonyl (C=O) groups excluding carboxylic acids is 1. The number of hydrogen-bond donors (Lipinski definition) is 1. The molecule has 156 valence electrons. The van der Waals surface area contributed by atoms with Crippen molar-refractivity contribution in [3.8, 4) is 0 Å². The van der Waals surface area contributed by atoms with Crippen molar-refractivity contribution in [3.05, 3.63) is 16.1 Å². The van der Waals surface area contributed by atoms with Crippen LogP contribution in [0.2, 0.25) is 0 Å². The first-order valence-corrected chi connectivity index (χ1v) is 10.2. The van der Waals surface area contributed by atoms with Crippen LogP contribution in [0.25, 0.3) is 0 Å². The van der Waals surface area contributed by atoms with Gasteiger partial charge < -0.3 is 15.1 Å². The van der Waals surface area contributed by atoms with E-state index >= 15 is 0 Å². The van der Waals surface area contributed by atoms with Crippen LogP contribution in [-0.4, -0.2) is 84.4 Å². The highest BCUT2D eigenvalue weighted by Crippen LogP contribution is 2.29. The molecule has 0 atom stereocenters. The van der Waals surface area contributed by atoms with E-state index in [4.69, 9.17) is 0 Å². The van der Waals surface area contributed by atoms with Crippen molar-refractivity contribution in [1.82, 2.24) is 25.0 Å². The summed E-state index contributed by atoms with van der Waals surface area (Å²) in [6.07, 6.45) is -2.24. The summed E-state index contributed by atoms with van der Waals surface area (Å²) in [7, 11) is 1.65. The molecular formula is C17H25F3N6OS. The van der Waals surface area contributed by atoms with Crippen molar-refractivity contribution >= 4 is 23.2 Å². The lowest BCUT2D eigenvalue weighted by Crippen LogP contribution is -2.54. The van der Waals surface area contributed by atoms with Crippen LogP contribution in [0.3, 0.4) is 0 Å². The van der Waals surface area contributed by atoms with Crippen molar-refractivity contribution in [2.24, 2.45) is 4.99 Å². The molecule has 3 heterocycles. The number of amides is 1. The van der Waals surface area contributed by atoms with Crippen molar-refractivity contribution in [2.45, 2.75) is 25.6 Å². The SMILES string of the molecule is CN=C(NCc1nc(C(F)(F)F)cs1)N1CCN(CC(=O)N2CCCC2)CC1. The predicted octanol–water partition coefficient (Wildman–Crippen LogP) is 1.48. The molecule has 0 radical (unpaired) electrons. The summed E-state index contributed by atoms with van der Waals surface area (Å²) < 4.78 is 37.9. The number of aromatic nitrogens is 1. The van der Waals surface area contributed by atoms with Gasteiger partial charge in [0.25, 0.3) is 0 Å². The fourth-order valence-electron chi connectivity index (χ4n) is 3.38. The first-order valence-electron chi connectivity index (χ1n) is 9.34. The van der Waals surface area contributed by atoms with Crippen molar-refractivity contribution < 1.29 is 18.0 Å². The van der Waals surface area contributed by atoms with Gasteiger partial charge in [-0.3, -0.25) is 14.7 Å². The van der Waals surface area contributed by atoms with Gasteiger partial charge >= 0.3 is 6.18 Å². The van der Waals surface area contributed by atoms with Gasteiger partial charge in [0.05, 0.1) is 13.1 Å². The molecule has 1 N–H and O–H groups in total. The second-order valence-corrected chi connectivity index (χ2v) is 7.82. The van der Waals surface area contributed by atoms with Gasteiger partial charge in [-0.2, -0.15) is 13.2 Å². The molecule has 0 aliphatic carbocycles. The molecule has 0 spiro atoms. The van der Waals surface area contributed by atoms with Gasteiger partial charge in [-0.15, -0.1) is 11.3 Å². The molecular weight excluding hydrogens is 393 g/mol. The third kappa shape index (κ3) is 5.34. The summed E-state index contributed by atoms with van der Waals surface area (Å²) in [6.45, 7) is 5.27. The summed E-state index contributed by atoms with van der Waals surface area (Å²) in [5.41, 5.74) is -0.861. The van der Waals surface area contributed by atoms with Crippen LogP contribution in [0.1, 0.15) is 23.5 Å². The van der Waals surface area contributed by atoms with Crippen LogP contribution in [0.5, 0.6) is 0 Å². The molecule has 1 amide bonds. The fourth-order valence-corrected chi connectivity index (χ4v) is 4.13. The highest BCUT2D eigenvalue weighted by molar-refractivity contribution is 7.09. The number of alkyl halides is 3. The van der Waals surface area contributed by atoms with Gasteiger partial charge in [-0.25, -0.2) is 4.98 Å². The minimum atomic E-state index is -4.42. The Hall–Kier alpha value is -1.88. The van der Waals surface area contributed by atoms with E-state index in [9.17, 15) is 18.0 Å². The number of aliphatic imine (C=N–C) groups is 1. The third-order valence-corrected chi connectivity index (χ3v) is 5.79. The zero-order valence-corrected chi connectivity index (χ0v) is 16.7. The average molecular weight is 418 g/mol. The summed E-state index contributed by atoms with van der Waals surface area (Å²) in [5.74, 6) is 0.826. The maximum absolute atomic E-state index is 12.6. The molecule has 3 rings (SSSR count). The number of thiazole rings is 1. The largest absolute Gasteiger partial charge is 0.434 e. The van der Waals surface area contributed by atoms with E-state index in [1.807, 2.05) is 4.90 Å². The number of rotatable bonds is 4. The van der Waals surface area contributed by atoms with Crippen molar-refractivity contribution in [2.75, 3.05) is 52.9 Å². The molecule has 11 heteroatoms. The Kier molecular flexibility index (Phi) is 6.76. The smallest absolute Gasteiger partial charge is 0.350 e. The highest BCUT2D eigenvalue weighted by Gasteiger charge is 2.33. The van der Waals surface area contributed by atoms with Gasteiger partial charge in [-0.05, 0) is 12.8 Å². The maximum atomic E-state index is 12.6. The Balaban J connectivity index is 1.44. The van der Waals surface area contributed by atoms with Gasteiger partial charge in [0, 0.05) is 51.7 Å². The topological polar surface area (TPSA) is 64.1 Å². The lowest BCUT2D eigenvalue weighted by molar-refractivity contribution is -0.140. The number of likely N-dealkylation sites (tertiary alicyclic amines) is 1. The van der Waals surface area contributed by atoms with E-state index in [0.717, 1.165) is 55.7 Å². The molecule has 2 aliphatic rings. The first-order chi connectivity index (χ1) is 13.4. The van der Waals surface area contributed by atoms with Crippen LogP contribution in [-0.2, 0) is 17.5 Å². The molecule has 28 heavy (non-hydrogen) atoms. The Morgan fingerprint density at radius 1 is 1.18 bits per heavy atom. The minimum absolute atomic E-state index is 0.192. The van der Waals surface area contributed by atoms with E-state index in [-0.39, 0.29) is 12.5 Å². The second-order valence-electron chi connectivity index (χ2n) is 6.88. The number of hydrogen-bond acceptors (Lipinski definition) is 5. The molecule has 1 aromatic rings. The van der Waals surface area contributed by atoms with Crippen LogP contribution in [0, 0.1) is 0 Å². The summed E-state index contributed by atoms with van der Waals surface area (Å²) in [4.78, 5) is 26.2. The van der Waals surface area contributed by atoms with E-state index in [0.29, 0.717) is 30.6 Å². The first kappa shape index (κ1) is 20.8. The third-order valence-electron chi connectivity index (χ3n) is 4.94. The van der Waals surface area contributed by atoms with Crippen LogP contribution in [0.4, 0.5) is 13.2 Å². The maximum Gasteiger partial charge on any atom is 0.434 e. The Bertz CT molecular complexity index is 693. The lowest BCUT2D eigenvalue weighted by Gasteiger charge is -2.36. The zero-order chi connectivity index (χ0) is 20.1. The van der Waals surface area contributed by atoms with Gasteiger partial charge in [0.1, 0.15) is 5.01 Å². The number of halogens is 3. The molecule has 2 fully saturated rings. The predicted molar refractivity (Wildman–Crippen MR) is 101 cm³/mol. The summed E-state index contributed by atoms with van der Waals surface area (Å²) in [5, 5.41) is 4.47. The van der Waals surface area contributed by atoms with Gasteiger partial charge in [-0.1, -0.05) is 0 Å². The summed E-state index contributed by atoms with van der Waals surface area (Å²) in [6, 6.07) is 0. The molecule has 0 saturated carbocycles. The van der Waals surface area contributed by atoms with E-state index in [1.54, 1.807) is 7.05 Å². The molecule has 2 aliphatic heterocycles. The molecule has 0 bridgehead atoms. The lowest BCUT2D eigenvalue weighted by atomic mass is 10.3. The molecule has 2 saturated heterocycles. The Morgan fingerprint density at radius 2 is 1.86 bits per heavy atom. The normalized spacial score (nSPS) is 19.4. The zero-order valence-electron chi connectivity index (χ0n) is 15.8.